The van der Waals surface area contributed by atoms with Crippen molar-refractivity contribution >= 4 is 44.8 Å². The van der Waals surface area contributed by atoms with Crippen molar-refractivity contribution in [3.05, 3.63) is 42.5 Å². The Labute approximate surface area is 243 Å². The molecule has 4 N–H and O–H groups in total. The van der Waals surface area contributed by atoms with Gasteiger partial charge in [0.05, 0.1) is 23.3 Å². The fraction of sp³-hybridized carbons (Fsp3) is 0.440. The van der Waals surface area contributed by atoms with Gasteiger partial charge in [0.1, 0.15) is 12.4 Å². The standard InChI is InChI=1S/C25H28F3N9O5S/c26-25(27,28)16-3-1-4-17(11-16)43(41,42)35-18(23(39)40)12-37-14-33-19-20(31-13-32-21(19)37)36-9-5-15(6-10-36)22(38)34-24-29-7-2-8-30-24/h1,3-4,11,13-15,18,35H,2,5-10,12H2,(H,39,40)(H2,29,30,34,38)/t18-/m0/s1. The number of rotatable bonds is 8. The molecule has 43 heavy (non-hydrogen) atoms. The van der Waals surface area contributed by atoms with Gasteiger partial charge in [0, 0.05) is 32.1 Å². The molecule has 4 heterocycles. The van der Waals surface area contributed by atoms with Crippen LogP contribution in [0.5, 0.6) is 0 Å². The highest BCUT2D eigenvalue weighted by molar-refractivity contribution is 7.89. The van der Waals surface area contributed by atoms with E-state index in [0.29, 0.717) is 61.9 Å². The summed E-state index contributed by atoms with van der Waals surface area (Å²) >= 11 is 0. The van der Waals surface area contributed by atoms with Crippen molar-refractivity contribution < 1.29 is 36.3 Å². The highest BCUT2D eigenvalue weighted by Crippen LogP contribution is 2.31. The molecule has 18 heteroatoms. The average Bonchev–Trinajstić information content (AvgIpc) is 3.40. The van der Waals surface area contributed by atoms with Crippen molar-refractivity contribution in [1.29, 1.82) is 0 Å². The minimum Gasteiger partial charge on any atom is -0.480 e. The number of piperidine rings is 1. The average molecular weight is 624 g/mol. The van der Waals surface area contributed by atoms with Crippen LogP contribution in [0.2, 0.25) is 0 Å². The smallest absolute Gasteiger partial charge is 0.416 e. The number of guanidine groups is 1. The first-order valence-corrected chi connectivity index (χ1v) is 14.8. The molecule has 1 saturated heterocycles. The minimum atomic E-state index is -4.78. The molecule has 0 spiro atoms. The van der Waals surface area contributed by atoms with Gasteiger partial charge in [0.25, 0.3) is 0 Å². The number of hydrogen-bond acceptors (Lipinski definition) is 10. The number of imidazole rings is 1. The Balaban J connectivity index is 1.28. The third-order valence-electron chi connectivity index (χ3n) is 7.13. The van der Waals surface area contributed by atoms with Gasteiger partial charge in [-0.2, -0.15) is 17.9 Å². The normalized spacial score (nSPS) is 17.3. The van der Waals surface area contributed by atoms with E-state index in [-0.39, 0.29) is 17.5 Å². The molecular weight excluding hydrogens is 595 g/mol. The number of anilines is 1. The van der Waals surface area contributed by atoms with Crippen molar-refractivity contribution in [1.82, 2.24) is 34.9 Å². The predicted octanol–water partition coefficient (Wildman–Crippen LogP) is 0.959. The molecule has 3 aromatic rings. The summed E-state index contributed by atoms with van der Waals surface area (Å²) in [6, 6.07) is 1.25. The first-order valence-electron chi connectivity index (χ1n) is 13.3. The summed E-state index contributed by atoms with van der Waals surface area (Å²) < 4.78 is 68.2. The first kappa shape index (κ1) is 30.1. The molecule has 1 atom stereocenters. The van der Waals surface area contributed by atoms with Gasteiger partial charge >= 0.3 is 12.1 Å². The van der Waals surface area contributed by atoms with Crippen molar-refractivity contribution in [3.63, 3.8) is 0 Å². The number of aromatic nitrogens is 4. The van der Waals surface area contributed by atoms with E-state index in [2.05, 4.69) is 30.6 Å². The number of nitrogens with one attached hydrogen (secondary N) is 3. The van der Waals surface area contributed by atoms with Gasteiger partial charge < -0.3 is 19.9 Å². The van der Waals surface area contributed by atoms with Crippen molar-refractivity contribution in [2.75, 3.05) is 31.1 Å². The number of nitrogens with zero attached hydrogens (tertiary/aromatic N) is 6. The van der Waals surface area contributed by atoms with Gasteiger partial charge in [0.2, 0.25) is 15.9 Å². The third kappa shape index (κ3) is 6.85. The summed E-state index contributed by atoms with van der Waals surface area (Å²) in [6.45, 7) is 1.94. The fourth-order valence-corrected chi connectivity index (χ4v) is 6.11. The van der Waals surface area contributed by atoms with Crippen LogP contribution in [0.15, 0.2) is 46.8 Å². The Kier molecular flexibility index (Phi) is 8.50. The van der Waals surface area contributed by atoms with Crippen LogP contribution in [0.3, 0.4) is 0 Å². The minimum absolute atomic E-state index is 0.114. The van der Waals surface area contributed by atoms with Gasteiger partial charge in [-0.3, -0.25) is 19.9 Å². The van der Waals surface area contributed by atoms with Gasteiger partial charge in [-0.15, -0.1) is 0 Å². The van der Waals surface area contributed by atoms with Crippen LogP contribution < -0.4 is 20.3 Å². The maximum absolute atomic E-state index is 13.1. The number of carboxylic acids is 1. The summed E-state index contributed by atoms with van der Waals surface area (Å²) in [7, 11) is -4.64. The summed E-state index contributed by atoms with van der Waals surface area (Å²) in [4.78, 5) is 43.0. The molecule has 1 aromatic carbocycles. The van der Waals surface area contributed by atoms with E-state index >= 15 is 0 Å². The maximum atomic E-state index is 13.1. The lowest BCUT2D eigenvalue weighted by molar-refractivity contribution is -0.139. The number of aliphatic carboxylic acids is 1. The number of alkyl halides is 3. The van der Waals surface area contributed by atoms with Crippen molar-refractivity contribution in [3.8, 4) is 0 Å². The van der Waals surface area contributed by atoms with Crippen LogP contribution in [-0.2, 0) is 32.3 Å². The molecule has 0 unspecified atom stereocenters. The number of aliphatic imine (C=N–C) groups is 1. The van der Waals surface area contributed by atoms with E-state index in [1.807, 2.05) is 9.62 Å². The predicted molar refractivity (Wildman–Crippen MR) is 147 cm³/mol. The lowest BCUT2D eigenvalue weighted by Gasteiger charge is -2.32. The zero-order chi connectivity index (χ0) is 30.8. The van der Waals surface area contributed by atoms with Crippen LogP contribution in [0, 0.1) is 5.92 Å². The highest BCUT2D eigenvalue weighted by Gasteiger charge is 2.33. The zero-order valence-electron chi connectivity index (χ0n) is 22.6. The topological polar surface area (TPSA) is 184 Å². The van der Waals surface area contributed by atoms with Crippen molar-refractivity contribution in [2.45, 2.75) is 42.9 Å². The largest absolute Gasteiger partial charge is 0.480 e. The second-order valence-electron chi connectivity index (χ2n) is 10.1. The second-order valence-corrected chi connectivity index (χ2v) is 11.8. The van der Waals surface area contributed by atoms with Crippen LogP contribution in [0.4, 0.5) is 19.0 Å². The van der Waals surface area contributed by atoms with Gasteiger partial charge in [-0.25, -0.2) is 23.4 Å². The number of benzene rings is 1. The van der Waals surface area contributed by atoms with E-state index in [0.717, 1.165) is 25.1 Å². The highest BCUT2D eigenvalue weighted by atomic mass is 32.2. The quantitative estimate of drug-likeness (QED) is 0.282. The Hall–Kier alpha value is -4.32. The molecular formula is C25H28F3N9O5S. The molecule has 0 aliphatic carbocycles. The SMILES string of the molecule is O=C(NC1=NCCCN1)C1CCN(c2ncnc3c2ncn3C[C@H](NS(=O)(=O)c2cccc(C(F)(F)F)c2)C(=O)O)CC1. The fourth-order valence-electron chi connectivity index (χ4n) is 4.88. The number of hydrogen-bond donors (Lipinski definition) is 4. The lowest BCUT2D eigenvalue weighted by atomic mass is 9.96. The third-order valence-corrected chi connectivity index (χ3v) is 8.60. The molecule has 2 aromatic heterocycles. The number of fused-ring (bicyclic) bond motifs is 1. The van der Waals surface area contributed by atoms with Crippen LogP contribution in [0.1, 0.15) is 24.8 Å². The molecule has 14 nitrogen and oxygen atoms in total. The number of halogens is 3. The second kappa shape index (κ2) is 12.1. The Morgan fingerprint density at radius 2 is 1.93 bits per heavy atom. The molecule has 1 amide bonds. The number of carboxylic acid groups (broad SMARTS) is 1. The van der Waals surface area contributed by atoms with Crippen LogP contribution in [0.25, 0.3) is 11.2 Å². The van der Waals surface area contributed by atoms with Crippen LogP contribution >= 0.6 is 0 Å². The molecule has 0 radical (unpaired) electrons. The zero-order valence-corrected chi connectivity index (χ0v) is 23.4. The number of amides is 1. The molecule has 5 rings (SSSR count). The van der Waals surface area contributed by atoms with E-state index in [1.165, 1.54) is 17.2 Å². The molecule has 1 fully saturated rings. The Bertz CT molecular complexity index is 1650. The summed E-state index contributed by atoms with van der Waals surface area (Å²) in [6.07, 6.45) is -0.228. The Morgan fingerprint density at radius 3 is 2.60 bits per heavy atom. The summed E-state index contributed by atoms with van der Waals surface area (Å²) in [5.74, 6) is -0.937. The number of carbonyl (C=O) groups is 2. The maximum Gasteiger partial charge on any atom is 0.416 e. The molecule has 2 aliphatic rings. The molecule has 0 bridgehead atoms. The summed E-state index contributed by atoms with van der Waals surface area (Å²) in [5, 5.41) is 15.6. The number of carbonyl (C=O) groups excluding carboxylic acids is 1. The van der Waals surface area contributed by atoms with Crippen molar-refractivity contribution in [2.24, 2.45) is 10.9 Å². The van der Waals surface area contributed by atoms with Gasteiger partial charge in [-0.1, -0.05) is 6.07 Å². The molecule has 0 saturated carbocycles. The van der Waals surface area contributed by atoms with Crippen LogP contribution in [-0.4, -0.2) is 83.1 Å². The monoisotopic (exact) mass is 623 g/mol. The molecule has 2 aliphatic heterocycles. The van der Waals surface area contributed by atoms with Gasteiger partial charge in [0.15, 0.2) is 22.9 Å². The van der Waals surface area contributed by atoms with Gasteiger partial charge in [-0.05, 0) is 37.5 Å². The lowest BCUT2D eigenvalue weighted by Crippen LogP contribution is -2.48. The van der Waals surface area contributed by atoms with E-state index < -0.39 is 45.2 Å². The van der Waals surface area contributed by atoms with E-state index in [1.54, 1.807) is 0 Å². The summed E-state index contributed by atoms with van der Waals surface area (Å²) in [5.41, 5.74) is -0.612. The number of sulfonamides is 1. The Morgan fingerprint density at radius 1 is 1.16 bits per heavy atom. The van der Waals surface area contributed by atoms with E-state index in [9.17, 15) is 36.3 Å². The van der Waals surface area contributed by atoms with E-state index in [4.69, 9.17) is 0 Å². The molecule has 230 valence electrons. The first-order chi connectivity index (χ1) is 20.4.